The molecule has 3 rings (SSSR count). The number of hydrogen-bond donors (Lipinski definition) is 1. The second-order valence-electron chi connectivity index (χ2n) is 6.86. The van der Waals surface area contributed by atoms with Crippen molar-refractivity contribution in [3.63, 3.8) is 0 Å². The number of piperidine rings is 1. The molecule has 1 saturated heterocycles. The summed E-state index contributed by atoms with van der Waals surface area (Å²) in [5.41, 5.74) is 1.66. The summed E-state index contributed by atoms with van der Waals surface area (Å²) < 4.78 is 10.6. The van der Waals surface area contributed by atoms with E-state index in [0.717, 1.165) is 30.0 Å². The minimum Gasteiger partial charge on any atom is -0.497 e. The fourth-order valence-electron chi connectivity index (χ4n) is 3.40. The van der Waals surface area contributed by atoms with Crippen LogP contribution in [0.5, 0.6) is 5.75 Å². The summed E-state index contributed by atoms with van der Waals surface area (Å²) in [6.07, 6.45) is 5.18. The summed E-state index contributed by atoms with van der Waals surface area (Å²) >= 11 is 0. The molecule has 0 radical (unpaired) electrons. The average Bonchev–Trinajstić information content (AvgIpc) is 3.15. The van der Waals surface area contributed by atoms with Crippen molar-refractivity contribution >= 4 is 5.91 Å². The Bertz CT molecular complexity index is 729. The van der Waals surface area contributed by atoms with Gasteiger partial charge in [0.05, 0.1) is 13.7 Å². The van der Waals surface area contributed by atoms with Gasteiger partial charge >= 0.3 is 0 Å². The molecule has 1 N–H and O–H groups in total. The molecule has 1 fully saturated rings. The fourth-order valence-corrected chi connectivity index (χ4v) is 3.40. The Labute approximate surface area is 154 Å². The van der Waals surface area contributed by atoms with E-state index in [1.165, 1.54) is 19.3 Å². The molecule has 1 aromatic heterocycles. The van der Waals surface area contributed by atoms with E-state index >= 15 is 0 Å². The number of likely N-dealkylation sites (tertiary alicyclic amines) is 1. The van der Waals surface area contributed by atoms with Crippen molar-refractivity contribution in [2.45, 2.75) is 44.7 Å². The Morgan fingerprint density at radius 2 is 2.27 bits per heavy atom. The molecule has 1 aliphatic rings. The van der Waals surface area contributed by atoms with Gasteiger partial charge in [0.1, 0.15) is 11.4 Å². The number of aromatic nitrogens is 1. The number of hydrogen-bond acceptors (Lipinski definition) is 5. The van der Waals surface area contributed by atoms with E-state index in [2.05, 4.69) is 22.4 Å². The molecule has 0 bridgehead atoms. The maximum absolute atomic E-state index is 12.1. The van der Waals surface area contributed by atoms with Crippen LogP contribution < -0.4 is 10.1 Å². The van der Waals surface area contributed by atoms with Gasteiger partial charge in [-0.25, -0.2) is 0 Å². The van der Waals surface area contributed by atoms with Crippen LogP contribution in [-0.2, 0) is 11.3 Å². The molecule has 26 heavy (non-hydrogen) atoms. The summed E-state index contributed by atoms with van der Waals surface area (Å²) in [6.45, 7) is 1.49. The van der Waals surface area contributed by atoms with E-state index in [0.29, 0.717) is 24.8 Å². The first kappa shape index (κ1) is 18.5. The first-order chi connectivity index (χ1) is 12.7. The van der Waals surface area contributed by atoms with Gasteiger partial charge in [-0.15, -0.1) is 0 Å². The van der Waals surface area contributed by atoms with Crippen LogP contribution in [0, 0.1) is 0 Å². The van der Waals surface area contributed by atoms with E-state index in [-0.39, 0.29) is 5.91 Å². The van der Waals surface area contributed by atoms with Crippen LogP contribution in [-0.4, -0.2) is 42.7 Å². The molecule has 0 aliphatic carbocycles. The quantitative estimate of drug-likeness (QED) is 0.824. The highest BCUT2D eigenvalue weighted by Crippen LogP contribution is 2.23. The Kier molecular flexibility index (Phi) is 6.28. The van der Waals surface area contributed by atoms with Gasteiger partial charge in [-0.1, -0.05) is 23.7 Å². The number of methoxy groups -OCH3 is 1. The molecule has 1 aromatic carbocycles. The number of nitrogens with one attached hydrogen (secondary N) is 1. The number of carbonyl (C=O) groups is 1. The van der Waals surface area contributed by atoms with Crippen LogP contribution in [0.15, 0.2) is 34.9 Å². The topological polar surface area (TPSA) is 67.6 Å². The van der Waals surface area contributed by atoms with Gasteiger partial charge in [-0.3, -0.25) is 4.79 Å². The SMILES string of the molecule is COc1cccc(-c2cc(CNC(=O)CC[C@@H]3CCCCN3C)on2)c1. The second-order valence-corrected chi connectivity index (χ2v) is 6.86. The van der Waals surface area contributed by atoms with E-state index < -0.39 is 0 Å². The predicted octanol–water partition coefficient (Wildman–Crippen LogP) is 3.23. The molecular weight excluding hydrogens is 330 g/mol. The van der Waals surface area contributed by atoms with Gasteiger partial charge < -0.3 is 19.5 Å². The third-order valence-electron chi connectivity index (χ3n) is 5.01. The molecule has 1 amide bonds. The van der Waals surface area contributed by atoms with Crippen molar-refractivity contribution in [3.8, 4) is 17.0 Å². The summed E-state index contributed by atoms with van der Waals surface area (Å²) in [4.78, 5) is 14.5. The molecular formula is C20H27N3O3. The number of amides is 1. The maximum Gasteiger partial charge on any atom is 0.220 e. The van der Waals surface area contributed by atoms with Crippen molar-refractivity contribution < 1.29 is 14.1 Å². The number of benzene rings is 1. The highest BCUT2D eigenvalue weighted by molar-refractivity contribution is 5.75. The average molecular weight is 357 g/mol. The number of nitrogens with zero attached hydrogens (tertiary/aromatic N) is 2. The van der Waals surface area contributed by atoms with Crippen molar-refractivity contribution in [2.24, 2.45) is 0 Å². The largest absolute Gasteiger partial charge is 0.497 e. The van der Waals surface area contributed by atoms with Gasteiger partial charge in [0, 0.05) is 24.1 Å². The van der Waals surface area contributed by atoms with Crippen molar-refractivity contribution in [1.29, 1.82) is 0 Å². The zero-order valence-corrected chi connectivity index (χ0v) is 15.5. The van der Waals surface area contributed by atoms with Gasteiger partial charge in [0.15, 0.2) is 5.76 Å². The van der Waals surface area contributed by atoms with E-state index in [1.54, 1.807) is 7.11 Å². The number of rotatable bonds is 7. The third-order valence-corrected chi connectivity index (χ3v) is 5.01. The summed E-state index contributed by atoms with van der Waals surface area (Å²) in [5.74, 6) is 1.47. The fraction of sp³-hybridized carbons (Fsp3) is 0.500. The highest BCUT2D eigenvalue weighted by atomic mass is 16.5. The summed E-state index contributed by atoms with van der Waals surface area (Å²) in [7, 11) is 3.78. The van der Waals surface area contributed by atoms with Gasteiger partial charge in [-0.05, 0) is 45.0 Å². The predicted molar refractivity (Wildman–Crippen MR) is 99.8 cm³/mol. The van der Waals surface area contributed by atoms with Crippen molar-refractivity contribution in [3.05, 3.63) is 36.1 Å². The second kappa shape index (κ2) is 8.85. The first-order valence-electron chi connectivity index (χ1n) is 9.22. The number of ether oxygens (including phenoxy) is 1. The van der Waals surface area contributed by atoms with Crippen LogP contribution in [0.4, 0.5) is 0 Å². The molecule has 0 spiro atoms. The molecule has 2 heterocycles. The molecule has 0 saturated carbocycles. The standard InChI is InChI=1S/C20H27N3O3/c1-23-11-4-3-7-16(23)9-10-20(24)21-14-18-13-19(22-26-18)15-6-5-8-17(12-15)25-2/h5-6,8,12-13,16H,3-4,7,9-11,14H2,1-2H3,(H,21,24)/t16-/m0/s1. The monoisotopic (exact) mass is 357 g/mol. The lowest BCUT2D eigenvalue weighted by atomic mass is 9.98. The Hall–Kier alpha value is -2.34. The lowest BCUT2D eigenvalue weighted by Gasteiger charge is -2.32. The molecule has 140 valence electrons. The van der Waals surface area contributed by atoms with E-state index in [9.17, 15) is 4.79 Å². The van der Waals surface area contributed by atoms with Gasteiger partial charge in [0.2, 0.25) is 5.91 Å². The lowest BCUT2D eigenvalue weighted by Crippen LogP contribution is -2.37. The molecule has 6 nitrogen and oxygen atoms in total. The summed E-state index contributed by atoms with van der Waals surface area (Å²) in [5, 5.41) is 7.01. The number of carbonyl (C=O) groups excluding carboxylic acids is 1. The van der Waals surface area contributed by atoms with E-state index in [1.807, 2.05) is 30.3 Å². The molecule has 1 atom stereocenters. The smallest absolute Gasteiger partial charge is 0.220 e. The lowest BCUT2D eigenvalue weighted by molar-refractivity contribution is -0.121. The molecule has 6 heteroatoms. The normalized spacial score (nSPS) is 17.8. The van der Waals surface area contributed by atoms with Gasteiger partial charge in [-0.2, -0.15) is 0 Å². The molecule has 2 aromatic rings. The summed E-state index contributed by atoms with van der Waals surface area (Å²) in [6, 6.07) is 10.0. The zero-order chi connectivity index (χ0) is 18.4. The Balaban J connectivity index is 1.47. The first-order valence-corrected chi connectivity index (χ1v) is 9.22. The highest BCUT2D eigenvalue weighted by Gasteiger charge is 2.19. The van der Waals surface area contributed by atoms with Crippen LogP contribution in [0.2, 0.25) is 0 Å². The van der Waals surface area contributed by atoms with Gasteiger partial charge in [0.25, 0.3) is 0 Å². The van der Waals surface area contributed by atoms with Crippen LogP contribution >= 0.6 is 0 Å². The van der Waals surface area contributed by atoms with Crippen LogP contribution in [0.3, 0.4) is 0 Å². The Morgan fingerprint density at radius 3 is 3.08 bits per heavy atom. The van der Waals surface area contributed by atoms with Crippen LogP contribution in [0.25, 0.3) is 11.3 Å². The minimum atomic E-state index is 0.0586. The maximum atomic E-state index is 12.1. The minimum absolute atomic E-state index is 0.0586. The van der Waals surface area contributed by atoms with Crippen molar-refractivity contribution in [2.75, 3.05) is 20.7 Å². The zero-order valence-electron chi connectivity index (χ0n) is 15.5. The van der Waals surface area contributed by atoms with E-state index in [4.69, 9.17) is 9.26 Å². The third kappa shape index (κ3) is 4.85. The molecule has 1 aliphatic heterocycles. The van der Waals surface area contributed by atoms with Crippen molar-refractivity contribution in [1.82, 2.24) is 15.4 Å². The van der Waals surface area contributed by atoms with Crippen LogP contribution in [0.1, 0.15) is 37.9 Å². The molecule has 0 unspecified atom stereocenters. The Morgan fingerprint density at radius 1 is 1.38 bits per heavy atom.